The Bertz CT molecular complexity index is 226. The van der Waals surface area contributed by atoms with Crippen molar-refractivity contribution in [1.82, 2.24) is 9.80 Å². The molecule has 0 aromatic rings. The summed E-state index contributed by atoms with van der Waals surface area (Å²) in [5.74, 6) is 0. The maximum Gasteiger partial charge on any atom is 0.0112 e. The highest BCUT2D eigenvalue weighted by Crippen LogP contribution is 2.24. The normalized spacial score (nSPS) is 26.3. The molecule has 2 fully saturated rings. The highest BCUT2D eigenvalue weighted by molar-refractivity contribution is 4.82. The highest BCUT2D eigenvalue weighted by atomic mass is 15.2. The van der Waals surface area contributed by atoms with Crippen molar-refractivity contribution < 1.29 is 0 Å². The van der Waals surface area contributed by atoms with Gasteiger partial charge in [-0.3, -0.25) is 9.80 Å². The minimum atomic E-state index is 0.721. The van der Waals surface area contributed by atoms with E-state index in [4.69, 9.17) is 5.73 Å². The smallest absolute Gasteiger partial charge is 0.0112 e. The number of nitrogens with two attached hydrogens (primary N) is 1. The first-order valence-electron chi connectivity index (χ1n) is 8.03. The lowest BCUT2D eigenvalue weighted by Crippen LogP contribution is -2.40. The molecule has 0 aromatic heterocycles. The van der Waals surface area contributed by atoms with Gasteiger partial charge in [0.05, 0.1) is 0 Å². The zero-order chi connectivity index (χ0) is 12.8. The third-order valence-electron chi connectivity index (χ3n) is 4.89. The fraction of sp³-hybridized carbons (Fsp3) is 1.00. The third kappa shape index (κ3) is 3.69. The summed E-state index contributed by atoms with van der Waals surface area (Å²) in [4.78, 5) is 5.46. The molecular formula is C15H31N3. The van der Waals surface area contributed by atoms with E-state index in [0.717, 1.165) is 18.6 Å². The number of rotatable bonds is 5. The second kappa shape index (κ2) is 7.46. The summed E-state index contributed by atoms with van der Waals surface area (Å²) in [6.45, 7) is 8.28. The van der Waals surface area contributed by atoms with Gasteiger partial charge in [-0.25, -0.2) is 0 Å². The second-order valence-corrected chi connectivity index (χ2v) is 6.00. The second-order valence-electron chi connectivity index (χ2n) is 6.00. The molecule has 2 N–H and O–H groups in total. The molecule has 1 heterocycles. The zero-order valence-electron chi connectivity index (χ0n) is 12.1. The molecule has 0 spiro atoms. The van der Waals surface area contributed by atoms with Crippen LogP contribution in [0.4, 0.5) is 0 Å². The maximum absolute atomic E-state index is 5.74. The molecule has 0 radical (unpaired) electrons. The Balaban J connectivity index is 1.83. The number of hydrogen-bond acceptors (Lipinski definition) is 3. The molecule has 1 aliphatic carbocycles. The van der Waals surface area contributed by atoms with Crippen LogP contribution < -0.4 is 5.73 Å². The first-order chi connectivity index (χ1) is 8.85. The van der Waals surface area contributed by atoms with Crippen LogP contribution >= 0.6 is 0 Å². The van der Waals surface area contributed by atoms with Crippen LogP contribution in [0.5, 0.6) is 0 Å². The predicted octanol–water partition coefficient (Wildman–Crippen LogP) is 2.06. The molecule has 1 saturated heterocycles. The first kappa shape index (κ1) is 14.3. The first-order valence-corrected chi connectivity index (χ1v) is 8.03. The number of hydrogen-bond donors (Lipinski definition) is 1. The Labute approximate surface area is 113 Å². The topological polar surface area (TPSA) is 32.5 Å². The Morgan fingerprint density at radius 3 is 2.50 bits per heavy atom. The summed E-state index contributed by atoms with van der Waals surface area (Å²) in [5, 5.41) is 0. The summed E-state index contributed by atoms with van der Waals surface area (Å²) in [6, 6.07) is 1.62. The standard InChI is InChI=1S/C15H31N3/c1-2-14(8-9-16)17-10-5-11-18(13-12-17)15-6-3-4-7-15/h14-15H,2-13,16H2,1H3. The molecule has 0 aromatic carbocycles. The van der Waals surface area contributed by atoms with Crippen molar-refractivity contribution in [2.75, 3.05) is 32.7 Å². The van der Waals surface area contributed by atoms with Crippen molar-refractivity contribution in [2.45, 2.75) is 64.0 Å². The van der Waals surface area contributed by atoms with Crippen LogP contribution in [0.25, 0.3) is 0 Å². The van der Waals surface area contributed by atoms with E-state index in [1.54, 1.807) is 0 Å². The Morgan fingerprint density at radius 2 is 1.83 bits per heavy atom. The van der Waals surface area contributed by atoms with Crippen molar-refractivity contribution in [2.24, 2.45) is 5.73 Å². The van der Waals surface area contributed by atoms with E-state index in [2.05, 4.69) is 16.7 Å². The molecule has 2 aliphatic rings. The van der Waals surface area contributed by atoms with Gasteiger partial charge in [0, 0.05) is 25.2 Å². The minimum Gasteiger partial charge on any atom is -0.330 e. The van der Waals surface area contributed by atoms with Gasteiger partial charge in [0.15, 0.2) is 0 Å². The summed E-state index contributed by atoms with van der Waals surface area (Å²) in [6.07, 6.45) is 9.56. The number of nitrogens with zero attached hydrogens (tertiary/aromatic N) is 2. The molecule has 0 bridgehead atoms. The lowest BCUT2D eigenvalue weighted by molar-refractivity contribution is 0.170. The van der Waals surface area contributed by atoms with E-state index < -0.39 is 0 Å². The van der Waals surface area contributed by atoms with Gasteiger partial charge in [-0.1, -0.05) is 19.8 Å². The molecule has 0 amide bonds. The van der Waals surface area contributed by atoms with Crippen molar-refractivity contribution >= 4 is 0 Å². The summed E-state index contributed by atoms with van der Waals surface area (Å²) in [7, 11) is 0. The van der Waals surface area contributed by atoms with E-state index in [1.807, 2.05) is 0 Å². The lowest BCUT2D eigenvalue weighted by atomic mass is 10.1. The fourth-order valence-corrected chi connectivity index (χ4v) is 3.79. The monoisotopic (exact) mass is 253 g/mol. The molecule has 1 aliphatic heterocycles. The van der Waals surface area contributed by atoms with Gasteiger partial charge in [0.1, 0.15) is 0 Å². The molecule has 1 unspecified atom stereocenters. The molecular weight excluding hydrogens is 222 g/mol. The van der Waals surface area contributed by atoms with Crippen molar-refractivity contribution in [3.8, 4) is 0 Å². The van der Waals surface area contributed by atoms with Gasteiger partial charge in [0.2, 0.25) is 0 Å². The lowest BCUT2D eigenvalue weighted by Gasteiger charge is -2.30. The van der Waals surface area contributed by atoms with E-state index in [0.29, 0.717) is 0 Å². The maximum atomic E-state index is 5.74. The van der Waals surface area contributed by atoms with Crippen LogP contribution in [0.1, 0.15) is 51.9 Å². The van der Waals surface area contributed by atoms with Crippen molar-refractivity contribution in [1.29, 1.82) is 0 Å². The molecule has 1 atom stereocenters. The summed E-state index contributed by atoms with van der Waals surface area (Å²) >= 11 is 0. The average Bonchev–Trinajstić information content (AvgIpc) is 2.81. The SMILES string of the molecule is CCC(CCN)N1CCCN(C2CCCC2)CC1. The van der Waals surface area contributed by atoms with Crippen LogP contribution in [0.15, 0.2) is 0 Å². The molecule has 2 rings (SSSR count). The molecule has 3 nitrogen and oxygen atoms in total. The van der Waals surface area contributed by atoms with Crippen LogP contribution in [-0.4, -0.2) is 54.6 Å². The van der Waals surface area contributed by atoms with Crippen LogP contribution in [-0.2, 0) is 0 Å². The van der Waals surface area contributed by atoms with E-state index in [1.165, 1.54) is 71.1 Å². The quantitative estimate of drug-likeness (QED) is 0.814. The van der Waals surface area contributed by atoms with Gasteiger partial charge in [0.25, 0.3) is 0 Å². The predicted molar refractivity (Wildman–Crippen MR) is 77.8 cm³/mol. The van der Waals surface area contributed by atoms with Gasteiger partial charge < -0.3 is 5.73 Å². The minimum absolute atomic E-state index is 0.721. The van der Waals surface area contributed by atoms with Gasteiger partial charge in [-0.2, -0.15) is 0 Å². The Kier molecular flexibility index (Phi) is 5.93. The van der Waals surface area contributed by atoms with Crippen LogP contribution in [0.3, 0.4) is 0 Å². The zero-order valence-corrected chi connectivity index (χ0v) is 12.1. The highest BCUT2D eigenvalue weighted by Gasteiger charge is 2.26. The average molecular weight is 253 g/mol. The van der Waals surface area contributed by atoms with Crippen LogP contribution in [0, 0.1) is 0 Å². The van der Waals surface area contributed by atoms with E-state index in [9.17, 15) is 0 Å². The Morgan fingerprint density at radius 1 is 1.06 bits per heavy atom. The van der Waals surface area contributed by atoms with E-state index in [-0.39, 0.29) is 0 Å². The van der Waals surface area contributed by atoms with Crippen molar-refractivity contribution in [3.05, 3.63) is 0 Å². The molecule has 1 saturated carbocycles. The van der Waals surface area contributed by atoms with Crippen LogP contribution in [0.2, 0.25) is 0 Å². The summed E-state index contributed by atoms with van der Waals surface area (Å²) < 4.78 is 0. The Hall–Kier alpha value is -0.120. The van der Waals surface area contributed by atoms with Gasteiger partial charge in [-0.15, -0.1) is 0 Å². The molecule has 3 heteroatoms. The molecule has 18 heavy (non-hydrogen) atoms. The summed E-state index contributed by atoms with van der Waals surface area (Å²) in [5.41, 5.74) is 5.74. The molecule has 106 valence electrons. The van der Waals surface area contributed by atoms with Gasteiger partial charge in [-0.05, 0) is 51.7 Å². The van der Waals surface area contributed by atoms with Gasteiger partial charge >= 0.3 is 0 Å². The fourth-order valence-electron chi connectivity index (χ4n) is 3.79. The van der Waals surface area contributed by atoms with Crippen molar-refractivity contribution in [3.63, 3.8) is 0 Å². The largest absolute Gasteiger partial charge is 0.330 e. The van der Waals surface area contributed by atoms with E-state index >= 15 is 0 Å². The third-order valence-corrected chi connectivity index (χ3v) is 4.89.